The average molecular weight is 278 g/mol. The first-order valence-electron chi connectivity index (χ1n) is 5.99. The number of hydrogen-bond donors (Lipinski definition) is 2. The van der Waals surface area contributed by atoms with Crippen molar-refractivity contribution in [2.45, 2.75) is 26.4 Å². The molecule has 2 atom stereocenters. The summed E-state index contributed by atoms with van der Waals surface area (Å²) >= 11 is 0. The molecule has 0 saturated heterocycles. The molecule has 0 amide bonds. The lowest BCUT2D eigenvalue weighted by Gasteiger charge is -2.22. The Bertz CT molecular complexity index is 267. The van der Waals surface area contributed by atoms with E-state index in [-0.39, 0.29) is 38.6 Å². The van der Waals surface area contributed by atoms with Gasteiger partial charge in [0.2, 0.25) is 6.29 Å². The van der Waals surface area contributed by atoms with Crippen LogP contribution in [0.5, 0.6) is 0 Å². The van der Waals surface area contributed by atoms with Crippen molar-refractivity contribution < 1.29 is 34.0 Å². The zero-order valence-electron chi connectivity index (χ0n) is 11.3. The average Bonchev–Trinajstić information content (AvgIpc) is 2.36. The monoisotopic (exact) mass is 278 g/mol. The van der Waals surface area contributed by atoms with Gasteiger partial charge in [0.25, 0.3) is 6.29 Å². The Morgan fingerprint density at radius 1 is 1.26 bits per heavy atom. The second-order valence-electron chi connectivity index (χ2n) is 3.61. The molecule has 112 valence electrons. The highest BCUT2D eigenvalue weighted by Gasteiger charge is 2.24. The molecule has 0 aliphatic rings. The maximum atomic E-state index is 11.2. The lowest BCUT2D eigenvalue weighted by Crippen LogP contribution is -2.36. The minimum Gasteiger partial charge on any atom is -0.427 e. The highest BCUT2D eigenvalue weighted by molar-refractivity contribution is 5.87. The number of ether oxygens (including phenoxy) is 4. The van der Waals surface area contributed by atoms with Crippen LogP contribution in [0.15, 0.2) is 12.2 Å². The van der Waals surface area contributed by atoms with Crippen LogP contribution in [0.25, 0.3) is 0 Å². The van der Waals surface area contributed by atoms with Gasteiger partial charge in [0.1, 0.15) is 0 Å². The van der Waals surface area contributed by atoms with Crippen LogP contribution in [0.2, 0.25) is 0 Å². The first kappa shape index (κ1) is 18.0. The van der Waals surface area contributed by atoms with E-state index < -0.39 is 18.5 Å². The summed E-state index contributed by atoms with van der Waals surface area (Å²) in [5.74, 6) is -0.725. The molecule has 0 radical (unpaired) electrons. The van der Waals surface area contributed by atoms with Crippen molar-refractivity contribution in [3.8, 4) is 0 Å². The van der Waals surface area contributed by atoms with Gasteiger partial charge in [-0.05, 0) is 13.8 Å². The third kappa shape index (κ3) is 8.68. The van der Waals surface area contributed by atoms with Gasteiger partial charge in [-0.25, -0.2) is 4.79 Å². The van der Waals surface area contributed by atoms with E-state index in [1.54, 1.807) is 6.92 Å². The van der Waals surface area contributed by atoms with E-state index in [1.807, 2.05) is 0 Å². The van der Waals surface area contributed by atoms with Gasteiger partial charge in [-0.15, -0.1) is 0 Å². The summed E-state index contributed by atoms with van der Waals surface area (Å²) in [5.41, 5.74) is 0.167. The van der Waals surface area contributed by atoms with Crippen LogP contribution in [-0.2, 0) is 23.7 Å². The highest BCUT2D eigenvalue weighted by Crippen LogP contribution is 2.06. The first-order valence-corrected chi connectivity index (χ1v) is 5.99. The normalized spacial score (nSPS) is 13.9. The Kier molecular flexibility index (Phi) is 10.3. The zero-order valence-corrected chi connectivity index (χ0v) is 11.3. The molecule has 0 spiro atoms. The molecule has 2 unspecified atom stereocenters. The first-order chi connectivity index (χ1) is 9.02. The van der Waals surface area contributed by atoms with Crippen molar-refractivity contribution in [1.29, 1.82) is 0 Å². The van der Waals surface area contributed by atoms with Crippen LogP contribution in [-0.4, -0.2) is 61.8 Å². The molecule has 0 rings (SSSR count). The minimum absolute atomic E-state index is 0.0757. The molecule has 0 aromatic heterocycles. The Labute approximate surface area is 112 Å². The van der Waals surface area contributed by atoms with Crippen LogP contribution in [0.1, 0.15) is 13.8 Å². The van der Waals surface area contributed by atoms with Gasteiger partial charge >= 0.3 is 5.97 Å². The zero-order chi connectivity index (χ0) is 14.7. The number of hydrogen-bond acceptors (Lipinski definition) is 7. The Hall–Kier alpha value is -0.990. The van der Waals surface area contributed by atoms with E-state index in [0.29, 0.717) is 0 Å². The van der Waals surface area contributed by atoms with Gasteiger partial charge < -0.3 is 29.2 Å². The summed E-state index contributed by atoms with van der Waals surface area (Å²) in [4.78, 5) is 11.2. The summed E-state index contributed by atoms with van der Waals surface area (Å²) in [6.07, 6.45) is -2.63. The van der Waals surface area contributed by atoms with E-state index >= 15 is 0 Å². The number of esters is 1. The van der Waals surface area contributed by atoms with Gasteiger partial charge in [-0.1, -0.05) is 6.58 Å². The van der Waals surface area contributed by atoms with Crippen molar-refractivity contribution >= 4 is 5.97 Å². The molecule has 7 nitrogen and oxygen atoms in total. The SMILES string of the molecule is C=C(C)C(=O)OC(O)C(OCC)OCCOCCO. The predicted molar refractivity (Wildman–Crippen MR) is 66.2 cm³/mol. The lowest BCUT2D eigenvalue weighted by molar-refractivity contribution is -0.262. The van der Waals surface area contributed by atoms with Gasteiger partial charge in [0.05, 0.1) is 26.4 Å². The van der Waals surface area contributed by atoms with Gasteiger partial charge in [-0.2, -0.15) is 0 Å². The van der Waals surface area contributed by atoms with Crippen LogP contribution in [0, 0.1) is 0 Å². The molecule has 0 aromatic carbocycles. The van der Waals surface area contributed by atoms with Gasteiger partial charge in [0, 0.05) is 12.2 Å². The second-order valence-corrected chi connectivity index (χ2v) is 3.61. The Morgan fingerprint density at radius 2 is 1.95 bits per heavy atom. The van der Waals surface area contributed by atoms with E-state index in [4.69, 9.17) is 24.1 Å². The lowest BCUT2D eigenvalue weighted by atomic mass is 10.4. The standard InChI is InChI=1S/C12H22O7/c1-4-17-12(18-8-7-16-6-5-13)11(15)19-10(14)9(2)3/h11-13,15H,2,4-8H2,1,3H3. The molecule has 0 saturated carbocycles. The van der Waals surface area contributed by atoms with Crippen LogP contribution in [0.3, 0.4) is 0 Å². The molecular weight excluding hydrogens is 256 g/mol. The van der Waals surface area contributed by atoms with Crippen LogP contribution >= 0.6 is 0 Å². The smallest absolute Gasteiger partial charge is 0.335 e. The molecule has 2 N–H and O–H groups in total. The Balaban J connectivity index is 4.07. The van der Waals surface area contributed by atoms with Crippen molar-refractivity contribution in [2.24, 2.45) is 0 Å². The van der Waals surface area contributed by atoms with Crippen LogP contribution in [0.4, 0.5) is 0 Å². The quantitative estimate of drug-likeness (QED) is 0.234. The number of aliphatic hydroxyl groups is 2. The topological polar surface area (TPSA) is 94.5 Å². The molecular formula is C12H22O7. The maximum absolute atomic E-state index is 11.2. The number of carbonyl (C=O) groups excluding carboxylic acids is 1. The number of aliphatic hydroxyl groups excluding tert-OH is 2. The van der Waals surface area contributed by atoms with E-state index in [2.05, 4.69) is 6.58 Å². The fraction of sp³-hybridized carbons (Fsp3) is 0.750. The summed E-state index contributed by atoms with van der Waals surface area (Å²) in [6, 6.07) is 0. The Morgan fingerprint density at radius 3 is 2.47 bits per heavy atom. The van der Waals surface area contributed by atoms with Crippen molar-refractivity contribution in [3.05, 3.63) is 12.2 Å². The molecule has 19 heavy (non-hydrogen) atoms. The van der Waals surface area contributed by atoms with Crippen molar-refractivity contribution in [3.63, 3.8) is 0 Å². The number of rotatable bonds is 11. The minimum atomic E-state index is -1.54. The van der Waals surface area contributed by atoms with Gasteiger partial charge in [0.15, 0.2) is 0 Å². The summed E-state index contributed by atoms with van der Waals surface area (Å²) < 4.78 is 20.0. The fourth-order valence-electron chi connectivity index (χ4n) is 1.03. The summed E-state index contributed by atoms with van der Waals surface area (Å²) in [5, 5.41) is 18.1. The molecule has 0 fully saturated rings. The molecule has 0 aliphatic heterocycles. The third-order valence-electron chi connectivity index (χ3n) is 1.89. The van der Waals surface area contributed by atoms with Crippen LogP contribution < -0.4 is 0 Å². The van der Waals surface area contributed by atoms with E-state index in [9.17, 15) is 9.90 Å². The molecule has 7 heteroatoms. The molecule has 0 aromatic rings. The molecule has 0 bridgehead atoms. The molecule has 0 aliphatic carbocycles. The highest BCUT2D eigenvalue weighted by atomic mass is 16.7. The van der Waals surface area contributed by atoms with Crippen molar-refractivity contribution in [1.82, 2.24) is 0 Å². The second kappa shape index (κ2) is 10.9. The summed E-state index contributed by atoms with van der Waals surface area (Å²) in [6.45, 7) is 7.35. The fourth-order valence-corrected chi connectivity index (χ4v) is 1.03. The number of carbonyl (C=O) groups is 1. The third-order valence-corrected chi connectivity index (χ3v) is 1.89. The van der Waals surface area contributed by atoms with E-state index in [1.165, 1.54) is 6.92 Å². The largest absolute Gasteiger partial charge is 0.427 e. The summed E-state index contributed by atoms with van der Waals surface area (Å²) in [7, 11) is 0. The molecule has 0 heterocycles. The van der Waals surface area contributed by atoms with Gasteiger partial charge in [-0.3, -0.25) is 0 Å². The van der Waals surface area contributed by atoms with E-state index in [0.717, 1.165) is 0 Å². The predicted octanol–water partition coefficient (Wildman–Crippen LogP) is -0.188. The maximum Gasteiger partial charge on any atom is 0.335 e. The van der Waals surface area contributed by atoms with Crippen molar-refractivity contribution in [2.75, 3.05) is 33.0 Å².